The van der Waals surface area contributed by atoms with Crippen LogP contribution in [-0.4, -0.2) is 12.6 Å². The van der Waals surface area contributed by atoms with Gasteiger partial charge in [0.15, 0.2) is 0 Å². The Morgan fingerprint density at radius 1 is 1.47 bits per heavy atom. The summed E-state index contributed by atoms with van der Waals surface area (Å²) >= 11 is 0. The Labute approximate surface area is 92.7 Å². The zero-order valence-corrected chi connectivity index (χ0v) is 10.1. The first kappa shape index (κ1) is 12.3. The van der Waals surface area contributed by atoms with E-state index in [1.165, 1.54) is 19.3 Å². The van der Waals surface area contributed by atoms with E-state index in [1.54, 1.807) is 0 Å². The van der Waals surface area contributed by atoms with Crippen LogP contribution < -0.4 is 0 Å². The number of carbonyl (C=O) groups is 1. The molecule has 2 heteroatoms. The molecule has 1 aliphatic rings. The maximum absolute atomic E-state index is 11.7. The average Bonchev–Trinajstić information content (AvgIpc) is 2.21. The van der Waals surface area contributed by atoms with Gasteiger partial charge in [0.05, 0.1) is 6.61 Å². The normalized spacial score (nSPS) is 25.9. The Kier molecular flexibility index (Phi) is 4.86. The topological polar surface area (TPSA) is 26.3 Å². The number of rotatable bonds is 4. The van der Waals surface area contributed by atoms with Crippen molar-refractivity contribution in [1.82, 2.24) is 0 Å². The first-order chi connectivity index (χ1) is 7.19. The van der Waals surface area contributed by atoms with Crippen molar-refractivity contribution < 1.29 is 9.53 Å². The predicted octanol–water partition coefficient (Wildman–Crippen LogP) is 3.32. The number of carbonyl (C=O) groups excluding carboxylic acids is 1. The van der Waals surface area contributed by atoms with Crippen molar-refractivity contribution in [3.05, 3.63) is 11.6 Å². The van der Waals surface area contributed by atoms with Gasteiger partial charge in [-0.15, -0.1) is 0 Å². The zero-order chi connectivity index (χ0) is 11.3. The summed E-state index contributed by atoms with van der Waals surface area (Å²) in [6.45, 7) is 6.64. The molecule has 0 saturated carbocycles. The standard InChI is InChI=1S/C13H22O2/c1-4-6-11-8-7-10(3)12(9-11)13(14)15-5-2/h9-11H,4-8H2,1-3H3. The molecule has 0 heterocycles. The summed E-state index contributed by atoms with van der Waals surface area (Å²) in [7, 11) is 0. The fourth-order valence-corrected chi connectivity index (χ4v) is 2.20. The minimum absolute atomic E-state index is 0.106. The monoisotopic (exact) mass is 210 g/mol. The van der Waals surface area contributed by atoms with E-state index in [2.05, 4.69) is 19.9 Å². The second-order valence-electron chi connectivity index (χ2n) is 4.37. The maximum atomic E-state index is 11.7. The van der Waals surface area contributed by atoms with Crippen LogP contribution in [0.5, 0.6) is 0 Å². The molecule has 2 atom stereocenters. The van der Waals surface area contributed by atoms with Gasteiger partial charge >= 0.3 is 5.97 Å². The summed E-state index contributed by atoms with van der Waals surface area (Å²) < 4.78 is 5.07. The third-order valence-corrected chi connectivity index (χ3v) is 3.09. The van der Waals surface area contributed by atoms with Crippen LogP contribution in [0.1, 0.15) is 46.5 Å². The smallest absolute Gasteiger partial charge is 0.333 e. The summed E-state index contributed by atoms with van der Waals surface area (Å²) in [5.41, 5.74) is 0.904. The number of esters is 1. The van der Waals surface area contributed by atoms with Gasteiger partial charge in [-0.1, -0.05) is 26.3 Å². The SMILES string of the molecule is CCCC1C=C(C(=O)OCC)C(C)CC1. The lowest BCUT2D eigenvalue weighted by Crippen LogP contribution is -2.20. The van der Waals surface area contributed by atoms with E-state index < -0.39 is 0 Å². The zero-order valence-electron chi connectivity index (χ0n) is 10.1. The lowest BCUT2D eigenvalue weighted by atomic mass is 9.81. The minimum atomic E-state index is -0.106. The predicted molar refractivity (Wildman–Crippen MR) is 61.5 cm³/mol. The average molecular weight is 210 g/mol. The molecule has 2 nitrogen and oxygen atoms in total. The van der Waals surface area contributed by atoms with E-state index in [1.807, 2.05) is 6.92 Å². The van der Waals surface area contributed by atoms with Crippen LogP contribution >= 0.6 is 0 Å². The van der Waals surface area contributed by atoms with Crippen LogP contribution in [0.15, 0.2) is 11.6 Å². The highest BCUT2D eigenvalue weighted by Gasteiger charge is 2.24. The van der Waals surface area contributed by atoms with Crippen molar-refractivity contribution in [2.24, 2.45) is 11.8 Å². The Morgan fingerprint density at radius 3 is 2.80 bits per heavy atom. The van der Waals surface area contributed by atoms with Gasteiger partial charge in [-0.25, -0.2) is 4.79 Å². The fourth-order valence-electron chi connectivity index (χ4n) is 2.20. The molecule has 0 aliphatic heterocycles. The van der Waals surface area contributed by atoms with Gasteiger partial charge in [-0.05, 0) is 38.0 Å². The Morgan fingerprint density at radius 2 is 2.20 bits per heavy atom. The minimum Gasteiger partial charge on any atom is -0.463 e. The first-order valence-electron chi connectivity index (χ1n) is 6.07. The Balaban J connectivity index is 2.68. The molecule has 1 aliphatic carbocycles. The quantitative estimate of drug-likeness (QED) is 0.665. The summed E-state index contributed by atoms with van der Waals surface area (Å²) in [6.07, 6.45) is 6.87. The molecule has 0 spiro atoms. The van der Waals surface area contributed by atoms with E-state index in [-0.39, 0.29) is 5.97 Å². The number of hydrogen-bond acceptors (Lipinski definition) is 2. The van der Waals surface area contributed by atoms with Gasteiger partial charge in [-0.3, -0.25) is 0 Å². The molecule has 0 aromatic heterocycles. The van der Waals surface area contributed by atoms with Crippen LogP contribution in [0.3, 0.4) is 0 Å². The molecule has 0 aromatic rings. The molecule has 86 valence electrons. The van der Waals surface area contributed by atoms with Crippen LogP contribution in [0, 0.1) is 11.8 Å². The summed E-state index contributed by atoms with van der Waals surface area (Å²) in [6, 6.07) is 0. The first-order valence-corrected chi connectivity index (χ1v) is 6.07. The van der Waals surface area contributed by atoms with Gasteiger partial charge in [-0.2, -0.15) is 0 Å². The lowest BCUT2D eigenvalue weighted by Gasteiger charge is -2.24. The van der Waals surface area contributed by atoms with Crippen LogP contribution in [-0.2, 0) is 9.53 Å². The molecule has 0 amide bonds. The number of ether oxygens (including phenoxy) is 1. The van der Waals surface area contributed by atoms with Crippen LogP contribution in [0.4, 0.5) is 0 Å². The molecule has 2 unspecified atom stereocenters. The van der Waals surface area contributed by atoms with Crippen LogP contribution in [0.25, 0.3) is 0 Å². The molecule has 0 fully saturated rings. The number of hydrogen-bond donors (Lipinski definition) is 0. The fraction of sp³-hybridized carbons (Fsp3) is 0.769. The van der Waals surface area contributed by atoms with Gasteiger partial charge in [0.25, 0.3) is 0 Å². The van der Waals surface area contributed by atoms with Crippen molar-refractivity contribution in [2.75, 3.05) is 6.61 Å². The Hall–Kier alpha value is -0.790. The highest BCUT2D eigenvalue weighted by Crippen LogP contribution is 2.31. The second kappa shape index (κ2) is 5.94. The van der Waals surface area contributed by atoms with E-state index in [0.717, 1.165) is 12.0 Å². The molecular weight excluding hydrogens is 188 g/mol. The molecule has 1 rings (SSSR count). The summed E-state index contributed by atoms with van der Waals surface area (Å²) in [4.78, 5) is 11.7. The van der Waals surface area contributed by atoms with Gasteiger partial charge in [0.2, 0.25) is 0 Å². The van der Waals surface area contributed by atoms with Gasteiger partial charge in [0.1, 0.15) is 0 Å². The van der Waals surface area contributed by atoms with E-state index in [0.29, 0.717) is 18.4 Å². The second-order valence-corrected chi connectivity index (χ2v) is 4.37. The van der Waals surface area contributed by atoms with Crippen molar-refractivity contribution in [3.63, 3.8) is 0 Å². The van der Waals surface area contributed by atoms with Crippen molar-refractivity contribution in [3.8, 4) is 0 Å². The molecule has 0 N–H and O–H groups in total. The van der Waals surface area contributed by atoms with Crippen LogP contribution in [0.2, 0.25) is 0 Å². The van der Waals surface area contributed by atoms with Crippen molar-refractivity contribution >= 4 is 5.97 Å². The van der Waals surface area contributed by atoms with E-state index >= 15 is 0 Å². The highest BCUT2D eigenvalue weighted by atomic mass is 16.5. The summed E-state index contributed by atoms with van der Waals surface area (Å²) in [5.74, 6) is 0.855. The molecule has 15 heavy (non-hydrogen) atoms. The molecule has 0 aromatic carbocycles. The lowest BCUT2D eigenvalue weighted by molar-refractivity contribution is -0.139. The largest absolute Gasteiger partial charge is 0.463 e. The van der Waals surface area contributed by atoms with Crippen molar-refractivity contribution in [1.29, 1.82) is 0 Å². The third-order valence-electron chi connectivity index (χ3n) is 3.09. The molecule has 0 bridgehead atoms. The van der Waals surface area contributed by atoms with Gasteiger partial charge < -0.3 is 4.74 Å². The molecular formula is C13H22O2. The summed E-state index contributed by atoms with van der Waals surface area (Å²) in [5, 5.41) is 0. The molecule has 0 saturated heterocycles. The van der Waals surface area contributed by atoms with Crippen molar-refractivity contribution in [2.45, 2.75) is 46.5 Å². The number of allylic oxidation sites excluding steroid dienone is 1. The highest BCUT2D eigenvalue weighted by molar-refractivity contribution is 5.89. The third kappa shape index (κ3) is 3.37. The van der Waals surface area contributed by atoms with E-state index in [4.69, 9.17) is 4.74 Å². The Bertz CT molecular complexity index is 243. The van der Waals surface area contributed by atoms with Gasteiger partial charge in [0, 0.05) is 5.57 Å². The van der Waals surface area contributed by atoms with E-state index in [9.17, 15) is 4.79 Å². The maximum Gasteiger partial charge on any atom is 0.333 e. The molecule has 0 radical (unpaired) electrons.